The van der Waals surface area contributed by atoms with Gasteiger partial charge in [0.05, 0.1) is 6.10 Å². The predicted octanol–water partition coefficient (Wildman–Crippen LogP) is 2.12. The van der Waals surface area contributed by atoms with Crippen LogP contribution in [0.4, 0.5) is 0 Å². The van der Waals surface area contributed by atoms with Gasteiger partial charge in [-0.15, -0.1) is 0 Å². The fourth-order valence-electron chi connectivity index (χ4n) is 1.27. The van der Waals surface area contributed by atoms with Gasteiger partial charge in [0.1, 0.15) is 0 Å². The molecule has 0 bridgehead atoms. The second-order valence-electron chi connectivity index (χ2n) is 3.20. The van der Waals surface area contributed by atoms with Gasteiger partial charge in [-0.3, -0.25) is 0 Å². The molecule has 13 heavy (non-hydrogen) atoms. The molecule has 68 valence electrons. The minimum atomic E-state index is 0.183. The molecule has 3 heteroatoms. The number of hydrogen-bond acceptors (Lipinski definition) is 2. The first-order valence-corrected chi connectivity index (χ1v) is 4.36. The molecule has 0 aliphatic carbocycles. The summed E-state index contributed by atoms with van der Waals surface area (Å²) in [5.74, 6) is 0.836. The van der Waals surface area contributed by atoms with Gasteiger partial charge in [-0.25, -0.2) is 4.98 Å². The standard InChI is InChI=1S/C10H12N2O/c1-8(2)13-9-4-3-6-12-7-5-11-10(9)12/h3-8H,1-2H3. The van der Waals surface area contributed by atoms with E-state index >= 15 is 0 Å². The Labute approximate surface area is 77.0 Å². The molecule has 0 aromatic carbocycles. The third-order valence-electron chi connectivity index (χ3n) is 1.75. The van der Waals surface area contributed by atoms with Crippen molar-refractivity contribution < 1.29 is 4.74 Å². The Morgan fingerprint density at radius 1 is 1.38 bits per heavy atom. The number of ether oxygens (including phenoxy) is 1. The lowest BCUT2D eigenvalue weighted by Gasteiger charge is -2.09. The van der Waals surface area contributed by atoms with Crippen LogP contribution < -0.4 is 4.74 Å². The monoisotopic (exact) mass is 176 g/mol. The number of imidazole rings is 1. The third kappa shape index (κ3) is 1.49. The van der Waals surface area contributed by atoms with Gasteiger partial charge in [-0.1, -0.05) is 0 Å². The van der Waals surface area contributed by atoms with Crippen molar-refractivity contribution in [3.63, 3.8) is 0 Å². The van der Waals surface area contributed by atoms with Crippen LogP contribution in [0.2, 0.25) is 0 Å². The number of hydrogen-bond donors (Lipinski definition) is 0. The topological polar surface area (TPSA) is 26.5 Å². The van der Waals surface area contributed by atoms with Crippen LogP contribution in [0.25, 0.3) is 5.65 Å². The molecule has 2 heterocycles. The molecule has 0 unspecified atom stereocenters. The van der Waals surface area contributed by atoms with E-state index in [4.69, 9.17) is 4.74 Å². The first kappa shape index (κ1) is 8.10. The Morgan fingerprint density at radius 3 is 3.00 bits per heavy atom. The zero-order valence-corrected chi connectivity index (χ0v) is 7.77. The van der Waals surface area contributed by atoms with E-state index in [9.17, 15) is 0 Å². The summed E-state index contributed by atoms with van der Waals surface area (Å²) >= 11 is 0. The van der Waals surface area contributed by atoms with E-state index in [1.807, 2.05) is 42.8 Å². The van der Waals surface area contributed by atoms with Gasteiger partial charge < -0.3 is 9.14 Å². The van der Waals surface area contributed by atoms with E-state index < -0.39 is 0 Å². The van der Waals surface area contributed by atoms with Crippen molar-refractivity contribution in [3.8, 4) is 5.75 Å². The maximum atomic E-state index is 5.60. The van der Waals surface area contributed by atoms with Gasteiger partial charge in [0.15, 0.2) is 11.4 Å². The first-order chi connectivity index (χ1) is 6.27. The zero-order valence-electron chi connectivity index (χ0n) is 7.77. The molecule has 0 aliphatic rings. The average molecular weight is 176 g/mol. The minimum absolute atomic E-state index is 0.183. The lowest BCUT2D eigenvalue weighted by Crippen LogP contribution is -2.06. The maximum Gasteiger partial charge on any atom is 0.179 e. The highest BCUT2D eigenvalue weighted by molar-refractivity contribution is 5.53. The highest BCUT2D eigenvalue weighted by Gasteiger charge is 2.03. The second kappa shape index (κ2) is 3.09. The fraction of sp³-hybridized carbons (Fsp3) is 0.300. The van der Waals surface area contributed by atoms with Crippen LogP contribution in [0.3, 0.4) is 0 Å². The zero-order chi connectivity index (χ0) is 9.26. The molecule has 2 aromatic heterocycles. The van der Waals surface area contributed by atoms with Crippen LogP contribution >= 0.6 is 0 Å². The van der Waals surface area contributed by atoms with E-state index in [1.54, 1.807) is 6.20 Å². The first-order valence-electron chi connectivity index (χ1n) is 4.36. The van der Waals surface area contributed by atoms with E-state index in [0.717, 1.165) is 11.4 Å². The molecule has 0 N–H and O–H groups in total. The average Bonchev–Trinajstić information content (AvgIpc) is 2.51. The molecule has 0 amide bonds. The van der Waals surface area contributed by atoms with Gasteiger partial charge in [0.2, 0.25) is 0 Å². The lowest BCUT2D eigenvalue weighted by molar-refractivity contribution is 0.244. The highest BCUT2D eigenvalue weighted by Crippen LogP contribution is 2.18. The number of nitrogens with zero attached hydrogens (tertiary/aromatic N) is 2. The van der Waals surface area contributed by atoms with E-state index in [1.165, 1.54) is 0 Å². The molecule has 0 radical (unpaired) electrons. The van der Waals surface area contributed by atoms with Crippen LogP contribution in [0.1, 0.15) is 13.8 Å². The predicted molar refractivity (Wildman–Crippen MR) is 51.0 cm³/mol. The van der Waals surface area contributed by atoms with Crippen molar-refractivity contribution in [3.05, 3.63) is 30.7 Å². The molecule has 0 aliphatic heterocycles. The van der Waals surface area contributed by atoms with Gasteiger partial charge in [-0.2, -0.15) is 0 Å². The summed E-state index contributed by atoms with van der Waals surface area (Å²) in [5, 5.41) is 0. The Bertz CT molecular complexity index is 406. The van der Waals surface area contributed by atoms with Crippen LogP contribution in [0, 0.1) is 0 Å². The van der Waals surface area contributed by atoms with E-state index in [0.29, 0.717) is 0 Å². The van der Waals surface area contributed by atoms with Gasteiger partial charge in [0.25, 0.3) is 0 Å². The second-order valence-corrected chi connectivity index (χ2v) is 3.20. The van der Waals surface area contributed by atoms with Gasteiger partial charge in [-0.05, 0) is 26.0 Å². The molecule has 0 saturated heterocycles. The summed E-state index contributed by atoms with van der Waals surface area (Å²) in [5.41, 5.74) is 0.871. The Balaban J connectivity index is 2.48. The SMILES string of the molecule is CC(C)Oc1cccn2ccnc12. The number of aromatic nitrogens is 2. The Hall–Kier alpha value is -1.51. The van der Waals surface area contributed by atoms with Crippen molar-refractivity contribution in [2.45, 2.75) is 20.0 Å². The summed E-state index contributed by atoms with van der Waals surface area (Å²) in [4.78, 5) is 4.21. The lowest BCUT2D eigenvalue weighted by atomic mass is 10.4. The molecule has 0 spiro atoms. The van der Waals surface area contributed by atoms with Gasteiger partial charge >= 0.3 is 0 Å². The quantitative estimate of drug-likeness (QED) is 0.700. The fourth-order valence-corrected chi connectivity index (χ4v) is 1.27. The van der Waals surface area contributed by atoms with Crippen LogP contribution in [0.5, 0.6) is 5.75 Å². The summed E-state index contributed by atoms with van der Waals surface area (Å²) in [6.45, 7) is 4.01. The number of pyridine rings is 1. The number of rotatable bonds is 2. The van der Waals surface area contributed by atoms with Crippen molar-refractivity contribution in [1.29, 1.82) is 0 Å². The van der Waals surface area contributed by atoms with Crippen LogP contribution in [-0.4, -0.2) is 15.5 Å². The van der Waals surface area contributed by atoms with Crippen molar-refractivity contribution in [2.24, 2.45) is 0 Å². The summed E-state index contributed by atoms with van der Waals surface area (Å²) < 4.78 is 7.54. The maximum absolute atomic E-state index is 5.60. The van der Waals surface area contributed by atoms with Crippen molar-refractivity contribution in [1.82, 2.24) is 9.38 Å². The normalized spacial score (nSPS) is 11.0. The Morgan fingerprint density at radius 2 is 2.23 bits per heavy atom. The molecule has 0 atom stereocenters. The molecular weight excluding hydrogens is 164 g/mol. The van der Waals surface area contributed by atoms with Crippen molar-refractivity contribution >= 4 is 5.65 Å². The smallest absolute Gasteiger partial charge is 0.179 e. The summed E-state index contributed by atoms with van der Waals surface area (Å²) in [6, 6.07) is 3.88. The molecule has 0 saturated carbocycles. The minimum Gasteiger partial charge on any atom is -0.487 e. The molecule has 2 rings (SSSR count). The van der Waals surface area contributed by atoms with E-state index in [-0.39, 0.29) is 6.10 Å². The van der Waals surface area contributed by atoms with Gasteiger partial charge in [0, 0.05) is 18.6 Å². The third-order valence-corrected chi connectivity index (χ3v) is 1.75. The van der Waals surface area contributed by atoms with E-state index in [2.05, 4.69) is 4.98 Å². The molecule has 2 aromatic rings. The molecular formula is C10H12N2O. The van der Waals surface area contributed by atoms with Crippen LogP contribution in [0.15, 0.2) is 30.7 Å². The molecule has 3 nitrogen and oxygen atoms in total. The summed E-state index contributed by atoms with van der Waals surface area (Å²) in [7, 11) is 0. The summed E-state index contributed by atoms with van der Waals surface area (Å²) in [6.07, 6.45) is 5.81. The van der Waals surface area contributed by atoms with Crippen molar-refractivity contribution in [2.75, 3.05) is 0 Å². The van der Waals surface area contributed by atoms with Crippen LogP contribution in [-0.2, 0) is 0 Å². The molecule has 0 fully saturated rings. The Kier molecular flexibility index (Phi) is 1.93. The largest absolute Gasteiger partial charge is 0.487 e. The highest BCUT2D eigenvalue weighted by atomic mass is 16.5. The number of fused-ring (bicyclic) bond motifs is 1.